The molecule has 172 valence electrons. The highest BCUT2D eigenvalue weighted by Gasteiger charge is 2.39. The number of nitrogens with zero attached hydrogens (tertiary/aromatic N) is 2. The van der Waals surface area contributed by atoms with Gasteiger partial charge in [0.1, 0.15) is 5.75 Å². The molecule has 0 radical (unpaired) electrons. The molecule has 2 fully saturated rings. The van der Waals surface area contributed by atoms with Crippen molar-refractivity contribution in [3.8, 4) is 5.75 Å². The molecule has 2 aliphatic rings. The number of halogens is 2. The standard InChI is InChI=1S/C25H31F2N3O2/c1-29-14-19(25(31)28-21-10-3-4-11-23(21)32-2)13-22(29)17-8-6-12-30(15-17)16-18-7-5-9-20(26)24(18)27/h3-5,7,9-11,17,19,22H,6,8,12-16H2,1-2H3,(H,28,31)/t17-,19-,22+/m1/s1. The molecule has 2 aromatic rings. The van der Waals surface area contributed by atoms with Gasteiger partial charge in [0, 0.05) is 31.2 Å². The molecule has 0 spiro atoms. The van der Waals surface area contributed by atoms with E-state index in [2.05, 4.69) is 22.2 Å². The minimum absolute atomic E-state index is 0.0124. The van der Waals surface area contributed by atoms with E-state index in [0.29, 0.717) is 42.0 Å². The lowest BCUT2D eigenvalue weighted by Crippen LogP contribution is -2.43. The number of carbonyl (C=O) groups is 1. The van der Waals surface area contributed by atoms with Gasteiger partial charge in [-0.3, -0.25) is 9.69 Å². The van der Waals surface area contributed by atoms with Crippen LogP contribution in [0.2, 0.25) is 0 Å². The highest BCUT2D eigenvalue weighted by Crippen LogP contribution is 2.34. The molecule has 3 atom stereocenters. The number of para-hydroxylation sites is 2. The largest absolute Gasteiger partial charge is 0.495 e. The predicted octanol–water partition coefficient (Wildman–Crippen LogP) is 4.14. The second-order valence-corrected chi connectivity index (χ2v) is 8.98. The average molecular weight is 444 g/mol. The Morgan fingerprint density at radius 3 is 2.78 bits per heavy atom. The number of hydrogen-bond acceptors (Lipinski definition) is 4. The monoisotopic (exact) mass is 443 g/mol. The zero-order chi connectivity index (χ0) is 22.7. The van der Waals surface area contributed by atoms with Crippen LogP contribution in [0.5, 0.6) is 5.75 Å². The first-order valence-electron chi connectivity index (χ1n) is 11.3. The molecule has 1 amide bonds. The minimum Gasteiger partial charge on any atom is -0.495 e. The molecule has 4 rings (SSSR count). The Bertz CT molecular complexity index is 955. The van der Waals surface area contributed by atoms with Crippen LogP contribution in [0.4, 0.5) is 14.5 Å². The third-order valence-electron chi connectivity index (χ3n) is 6.85. The van der Waals surface area contributed by atoms with Crippen molar-refractivity contribution in [1.29, 1.82) is 0 Å². The summed E-state index contributed by atoms with van der Waals surface area (Å²) in [5.74, 6) is -0.578. The lowest BCUT2D eigenvalue weighted by Gasteiger charge is -2.38. The van der Waals surface area contributed by atoms with Crippen LogP contribution in [0.15, 0.2) is 42.5 Å². The van der Waals surface area contributed by atoms with Crippen LogP contribution in [0, 0.1) is 23.5 Å². The van der Waals surface area contributed by atoms with Crippen molar-refractivity contribution >= 4 is 11.6 Å². The van der Waals surface area contributed by atoms with E-state index in [-0.39, 0.29) is 11.8 Å². The molecular weight excluding hydrogens is 412 g/mol. The fourth-order valence-corrected chi connectivity index (χ4v) is 5.21. The smallest absolute Gasteiger partial charge is 0.228 e. The molecule has 0 unspecified atom stereocenters. The van der Waals surface area contributed by atoms with Gasteiger partial charge in [-0.25, -0.2) is 8.78 Å². The summed E-state index contributed by atoms with van der Waals surface area (Å²) < 4.78 is 33.1. The molecule has 2 aliphatic heterocycles. The Labute approximate surface area is 188 Å². The van der Waals surface area contributed by atoms with Crippen molar-refractivity contribution < 1.29 is 18.3 Å². The summed E-state index contributed by atoms with van der Waals surface area (Å²) in [6.07, 6.45) is 2.90. The maximum Gasteiger partial charge on any atom is 0.228 e. The van der Waals surface area contributed by atoms with Crippen molar-refractivity contribution in [1.82, 2.24) is 9.80 Å². The first kappa shape index (κ1) is 22.7. The molecule has 1 N–H and O–H groups in total. The van der Waals surface area contributed by atoms with Crippen LogP contribution in [-0.2, 0) is 11.3 Å². The van der Waals surface area contributed by atoms with E-state index in [0.717, 1.165) is 38.4 Å². The first-order valence-corrected chi connectivity index (χ1v) is 11.3. The van der Waals surface area contributed by atoms with E-state index in [1.807, 2.05) is 24.3 Å². The number of nitrogens with one attached hydrogen (secondary N) is 1. The quantitative estimate of drug-likeness (QED) is 0.729. The topological polar surface area (TPSA) is 44.8 Å². The van der Waals surface area contributed by atoms with E-state index in [1.165, 1.54) is 0 Å². The highest BCUT2D eigenvalue weighted by atomic mass is 19.2. The SMILES string of the molecule is COc1ccccc1NC(=O)[C@@H]1C[C@@H]([C@@H]2CCCN(Cc3cccc(F)c3F)C2)N(C)C1. The molecule has 7 heteroatoms. The van der Waals surface area contributed by atoms with Gasteiger partial charge in [0.15, 0.2) is 11.6 Å². The number of anilines is 1. The van der Waals surface area contributed by atoms with E-state index in [4.69, 9.17) is 4.74 Å². The second kappa shape index (κ2) is 9.96. The van der Waals surface area contributed by atoms with Gasteiger partial charge >= 0.3 is 0 Å². The number of piperidine rings is 1. The number of ether oxygens (including phenoxy) is 1. The molecule has 5 nitrogen and oxygen atoms in total. The molecule has 2 aromatic carbocycles. The number of likely N-dealkylation sites (tertiary alicyclic amines) is 2. The number of amides is 1. The summed E-state index contributed by atoms with van der Waals surface area (Å²) in [5, 5.41) is 3.02. The summed E-state index contributed by atoms with van der Waals surface area (Å²) in [5.41, 5.74) is 1.09. The lowest BCUT2D eigenvalue weighted by atomic mass is 9.87. The fourth-order valence-electron chi connectivity index (χ4n) is 5.21. The zero-order valence-corrected chi connectivity index (χ0v) is 18.7. The molecule has 0 aliphatic carbocycles. The van der Waals surface area contributed by atoms with Crippen LogP contribution < -0.4 is 10.1 Å². The van der Waals surface area contributed by atoms with Gasteiger partial charge < -0.3 is 15.0 Å². The first-order chi connectivity index (χ1) is 15.5. The van der Waals surface area contributed by atoms with Crippen molar-refractivity contribution in [3.63, 3.8) is 0 Å². The molecule has 0 saturated carbocycles. The van der Waals surface area contributed by atoms with Crippen molar-refractivity contribution in [2.24, 2.45) is 11.8 Å². The van der Waals surface area contributed by atoms with Crippen LogP contribution in [0.1, 0.15) is 24.8 Å². The number of carbonyl (C=O) groups excluding carboxylic acids is 1. The Morgan fingerprint density at radius 1 is 1.16 bits per heavy atom. The third-order valence-corrected chi connectivity index (χ3v) is 6.85. The van der Waals surface area contributed by atoms with Crippen molar-refractivity contribution in [2.45, 2.75) is 31.8 Å². The van der Waals surface area contributed by atoms with Gasteiger partial charge in [0.05, 0.1) is 18.7 Å². The Balaban J connectivity index is 1.37. The Hall–Kier alpha value is -2.51. The van der Waals surface area contributed by atoms with Crippen LogP contribution in [0.3, 0.4) is 0 Å². The number of hydrogen-bond donors (Lipinski definition) is 1. The third kappa shape index (κ3) is 4.94. The van der Waals surface area contributed by atoms with Gasteiger partial charge in [-0.15, -0.1) is 0 Å². The van der Waals surface area contributed by atoms with E-state index < -0.39 is 11.6 Å². The minimum atomic E-state index is -0.796. The summed E-state index contributed by atoms with van der Waals surface area (Å²) in [4.78, 5) is 17.4. The Morgan fingerprint density at radius 2 is 1.97 bits per heavy atom. The van der Waals surface area contributed by atoms with Gasteiger partial charge in [0.25, 0.3) is 0 Å². The summed E-state index contributed by atoms with van der Waals surface area (Å²) in [6, 6.07) is 12.1. The average Bonchev–Trinajstić information content (AvgIpc) is 3.19. The normalized spacial score (nSPS) is 24.4. The number of methoxy groups -OCH3 is 1. The van der Waals surface area contributed by atoms with Gasteiger partial charge in [-0.1, -0.05) is 24.3 Å². The Kier molecular flexibility index (Phi) is 7.06. The van der Waals surface area contributed by atoms with Gasteiger partial charge in [0.2, 0.25) is 5.91 Å². The molecule has 0 aromatic heterocycles. The van der Waals surface area contributed by atoms with Crippen LogP contribution in [-0.4, -0.2) is 55.5 Å². The van der Waals surface area contributed by atoms with Crippen molar-refractivity contribution in [3.05, 3.63) is 59.7 Å². The number of benzene rings is 2. The summed E-state index contributed by atoms with van der Waals surface area (Å²) >= 11 is 0. The van der Waals surface area contributed by atoms with Crippen molar-refractivity contribution in [2.75, 3.05) is 39.1 Å². The van der Waals surface area contributed by atoms with E-state index in [9.17, 15) is 13.6 Å². The fraction of sp³-hybridized carbons (Fsp3) is 0.480. The molecule has 32 heavy (non-hydrogen) atoms. The molecule has 2 heterocycles. The predicted molar refractivity (Wildman–Crippen MR) is 121 cm³/mol. The molecule has 2 saturated heterocycles. The number of rotatable bonds is 6. The highest BCUT2D eigenvalue weighted by molar-refractivity contribution is 5.94. The van der Waals surface area contributed by atoms with Crippen LogP contribution in [0.25, 0.3) is 0 Å². The van der Waals surface area contributed by atoms with Gasteiger partial charge in [-0.05, 0) is 57.0 Å². The lowest BCUT2D eigenvalue weighted by molar-refractivity contribution is -0.119. The maximum absolute atomic E-state index is 14.1. The molecule has 0 bridgehead atoms. The molecular formula is C25H31F2N3O2. The van der Waals surface area contributed by atoms with Gasteiger partial charge in [-0.2, -0.15) is 0 Å². The maximum atomic E-state index is 14.1. The van der Waals surface area contributed by atoms with E-state index >= 15 is 0 Å². The van der Waals surface area contributed by atoms with Crippen LogP contribution >= 0.6 is 0 Å². The second-order valence-electron chi connectivity index (χ2n) is 8.98. The van der Waals surface area contributed by atoms with E-state index in [1.54, 1.807) is 19.2 Å². The summed E-state index contributed by atoms with van der Waals surface area (Å²) in [7, 11) is 3.67. The summed E-state index contributed by atoms with van der Waals surface area (Å²) in [6.45, 7) is 2.82. The zero-order valence-electron chi connectivity index (χ0n) is 18.7.